The number of carbonyl (C=O) groups is 1. The molecular formula is C18H18N4O3S3. The highest BCUT2D eigenvalue weighted by Gasteiger charge is 2.33. The van der Waals surface area contributed by atoms with Gasteiger partial charge in [0.15, 0.2) is 9.84 Å². The molecule has 1 amide bonds. The van der Waals surface area contributed by atoms with Gasteiger partial charge in [-0.25, -0.2) is 8.42 Å². The number of nitrogens with one attached hydrogen (secondary N) is 1. The molecular weight excluding hydrogens is 416 g/mol. The van der Waals surface area contributed by atoms with Crippen molar-refractivity contribution in [2.75, 3.05) is 29.9 Å². The van der Waals surface area contributed by atoms with Crippen molar-refractivity contribution >= 4 is 43.5 Å². The second-order valence-corrected chi connectivity index (χ2v) is 10.5. The van der Waals surface area contributed by atoms with Crippen LogP contribution in [0.1, 0.15) is 11.6 Å². The summed E-state index contributed by atoms with van der Waals surface area (Å²) in [6, 6.07) is 10.8. The third-order valence-corrected chi connectivity index (χ3v) is 7.71. The summed E-state index contributed by atoms with van der Waals surface area (Å²) in [5.41, 5.74) is 1.80. The van der Waals surface area contributed by atoms with E-state index in [4.69, 9.17) is 0 Å². The van der Waals surface area contributed by atoms with E-state index in [1.165, 1.54) is 11.3 Å². The number of hydrogen-bond acceptors (Lipinski definition) is 8. The van der Waals surface area contributed by atoms with Gasteiger partial charge in [-0.2, -0.15) is 11.3 Å². The van der Waals surface area contributed by atoms with Gasteiger partial charge < -0.3 is 0 Å². The van der Waals surface area contributed by atoms with Crippen LogP contribution in [-0.2, 0) is 14.6 Å². The molecule has 0 radical (unpaired) electrons. The fourth-order valence-corrected chi connectivity index (χ4v) is 5.79. The molecule has 3 aromatic rings. The molecule has 0 saturated carbocycles. The Hall–Kier alpha value is -2.14. The van der Waals surface area contributed by atoms with Crippen LogP contribution in [0.25, 0.3) is 10.6 Å². The van der Waals surface area contributed by atoms with Gasteiger partial charge in [-0.05, 0) is 17.0 Å². The first-order valence-corrected chi connectivity index (χ1v) is 12.3. The second-order valence-electron chi connectivity index (χ2n) is 6.41. The van der Waals surface area contributed by atoms with Gasteiger partial charge in [0, 0.05) is 24.0 Å². The van der Waals surface area contributed by atoms with Crippen molar-refractivity contribution in [1.82, 2.24) is 15.1 Å². The van der Waals surface area contributed by atoms with E-state index in [0.717, 1.165) is 16.1 Å². The Bertz CT molecular complexity index is 1030. The molecule has 28 heavy (non-hydrogen) atoms. The minimum absolute atomic E-state index is 0.0602. The van der Waals surface area contributed by atoms with Crippen molar-refractivity contribution in [3.8, 4) is 10.6 Å². The van der Waals surface area contributed by atoms with Crippen molar-refractivity contribution in [3.63, 3.8) is 0 Å². The second kappa shape index (κ2) is 8.08. The first-order valence-electron chi connectivity index (χ1n) is 8.68. The van der Waals surface area contributed by atoms with Gasteiger partial charge in [0.2, 0.25) is 11.0 Å². The van der Waals surface area contributed by atoms with E-state index in [9.17, 15) is 13.2 Å². The zero-order chi connectivity index (χ0) is 19.6. The Kier molecular flexibility index (Phi) is 5.54. The molecule has 1 aliphatic rings. The summed E-state index contributed by atoms with van der Waals surface area (Å²) < 4.78 is 23.6. The first kappa shape index (κ1) is 19.2. The Morgan fingerprint density at radius 2 is 1.86 bits per heavy atom. The molecule has 146 valence electrons. The zero-order valence-electron chi connectivity index (χ0n) is 14.8. The normalized spacial score (nSPS) is 17.9. The fraction of sp³-hybridized carbons (Fsp3) is 0.278. The van der Waals surface area contributed by atoms with E-state index in [1.54, 1.807) is 11.3 Å². The maximum Gasteiger partial charge on any atom is 0.248 e. The number of benzene rings is 1. The lowest BCUT2D eigenvalue weighted by molar-refractivity contribution is -0.121. The van der Waals surface area contributed by atoms with Gasteiger partial charge in [-0.3, -0.25) is 15.0 Å². The summed E-state index contributed by atoms with van der Waals surface area (Å²) in [5.74, 6) is -0.117. The van der Waals surface area contributed by atoms with E-state index in [2.05, 4.69) is 15.5 Å². The first-order chi connectivity index (χ1) is 13.5. The van der Waals surface area contributed by atoms with Crippen molar-refractivity contribution in [3.05, 3.63) is 52.7 Å². The van der Waals surface area contributed by atoms with Crippen LogP contribution < -0.4 is 5.32 Å². The Labute approximate surface area is 171 Å². The van der Waals surface area contributed by atoms with Gasteiger partial charge in [0.05, 0.1) is 11.5 Å². The Morgan fingerprint density at radius 3 is 2.54 bits per heavy atom. The van der Waals surface area contributed by atoms with E-state index in [-0.39, 0.29) is 17.4 Å². The number of rotatable bonds is 5. The zero-order valence-corrected chi connectivity index (χ0v) is 17.3. The maximum atomic E-state index is 13.1. The highest BCUT2D eigenvalue weighted by Crippen LogP contribution is 2.30. The quantitative estimate of drug-likeness (QED) is 0.664. The van der Waals surface area contributed by atoms with Gasteiger partial charge >= 0.3 is 0 Å². The van der Waals surface area contributed by atoms with E-state index in [0.29, 0.717) is 18.2 Å². The van der Waals surface area contributed by atoms with Gasteiger partial charge in [-0.1, -0.05) is 41.7 Å². The molecule has 1 N–H and O–H groups in total. The molecule has 3 heterocycles. The van der Waals surface area contributed by atoms with Gasteiger partial charge in [0.25, 0.3) is 0 Å². The molecule has 0 bridgehead atoms. The third kappa shape index (κ3) is 4.30. The van der Waals surface area contributed by atoms with Crippen LogP contribution in [0.15, 0.2) is 47.2 Å². The molecule has 1 aliphatic heterocycles. The molecule has 0 aliphatic carbocycles. The highest BCUT2D eigenvalue weighted by molar-refractivity contribution is 7.91. The number of sulfone groups is 1. The average Bonchev–Trinajstić information content (AvgIpc) is 3.36. The smallest absolute Gasteiger partial charge is 0.248 e. The number of nitrogens with zero attached hydrogens (tertiary/aromatic N) is 3. The maximum absolute atomic E-state index is 13.1. The Morgan fingerprint density at radius 1 is 1.11 bits per heavy atom. The van der Waals surface area contributed by atoms with E-state index >= 15 is 0 Å². The van der Waals surface area contributed by atoms with Crippen LogP contribution in [0.4, 0.5) is 5.13 Å². The molecule has 10 heteroatoms. The standard InChI is InChI=1S/C18H18N4O3S3/c23-16(19-18-21-20-17(27-18)14-6-9-26-12-14)15(13-4-2-1-3-5-13)22-7-10-28(24,25)11-8-22/h1-6,9,12,15H,7-8,10-11H2,(H,19,21,23). The van der Waals surface area contributed by atoms with Crippen molar-refractivity contribution in [2.24, 2.45) is 0 Å². The van der Waals surface area contributed by atoms with Crippen molar-refractivity contribution in [1.29, 1.82) is 0 Å². The minimum Gasteiger partial charge on any atom is -0.299 e. The van der Waals surface area contributed by atoms with Crippen LogP contribution in [0, 0.1) is 0 Å². The van der Waals surface area contributed by atoms with Crippen LogP contribution in [-0.4, -0.2) is 54.0 Å². The third-order valence-electron chi connectivity index (χ3n) is 4.53. The largest absolute Gasteiger partial charge is 0.299 e. The summed E-state index contributed by atoms with van der Waals surface area (Å²) in [5, 5.41) is 16.2. The number of carbonyl (C=O) groups excluding carboxylic acids is 1. The van der Waals surface area contributed by atoms with Crippen LogP contribution in [0.2, 0.25) is 0 Å². The highest BCUT2D eigenvalue weighted by atomic mass is 32.2. The number of anilines is 1. The molecule has 1 unspecified atom stereocenters. The van der Waals surface area contributed by atoms with Crippen LogP contribution >= 0.6 is 22.7 Å². The van der Waals surface area contributed by atoms with Crippen molar-refractivity contribution < 1.29 is 13.2 Å². The number of amides is 1. The summed E-state index contributed by atoms with van der Waals surface area (Å²) >= 11 is 2.89. The molecule has 1 atom stereocenters. The molecule has 4 rings (SSSR count). The predicted octanol–water partition coefficient (Wildman–Crippen LogP) is 2.68. The topological polar surface area (TPSA) is 92.3 Å². The van der Waals surface area contributed by atoms with Crippen LogP contribution in [0.3, 0.4) is 0 Å². The summed E-state index contributed by atoms with van der Waals surface area (Å²) in [6.45, 7) is 0.650. The molecule has 1 saturated heterocycles. The van der Waals surface area contributed by atoms with Crippen LogP contribution in [0.5, 0.6) is 0 Å². The summed E-state index contributed by atoms with van der Waals surface area (Å²) in [6.07, 6.45) is 0. The lowest BCUT2D eigenvalue weighted by Crippen LogP contribution is -2.46. The van der Waals surface area contributed by atoms with Gasteiger partial charge in [-0.15, -0.1) is 10.2 Å². The SMILES string of the molecule is O=C(Nc1nnc(-c2ccsc2)s1)C(c1ccccc1)N1CCS(=O)(=O)CC1. The van der Waals surface area contributed by atoms with E-state index in [1.807, 2.05) is 52.1 Å². The Balaban J connectivity index is 1.55. The minimum atomic E-state index is -3.03. The molecule has 1 fully saturated rings. The van der Waals surface area contributed by atoms with Crippen molar-refractivity contribution in [2.45, 2.75) is 6.04 Å². The fourth-order valence-electron chi connectivity index (χ4n) is 3.10. The number of thiophene rings is 1. The summed E-state index contributed by atoms with van der Waals surface area (Å²) in [4.78, 5) is 15.0. The number of hydrogen-bond donors (Lipinski definition) is 1. The lowest BCUT2D eigenvalue weighted by atomic mass is 10.0. The monoisotopic (exact) mass is 434 g/mol. The molecule has 2 aromatic heterocycles. The lowest BCUT2D eigenvalue weighted by Gasteiger charge is -2.33. The molecule has 0 spiro atoms. The average molecular weight is 435 g/mol. The summed E-state index contributed by atoms with van der Waals surface area (Å²) in [7, 11) is -3.03. The van der Waals surface area contributed by atoms with E-state index < -0.39 is 15.9 Å². The number of aromatic nitrogens is 2. The predicted molar refractivity (Wildman–Crippen MR) is 111 cm³/mol. The van der Waals surface area contributed by atoms with Gasteiger partial charge in [0.1, 0.15) is 11.0 Å². The molecule has 7 nitrogen and oxygen atoms in total. The molecule has 1 aromatic carbocycles.